The van der Waals surface area contributed by atoms with Gasteiger partial charge in [-0.05, 0) is 30.3 Å². The maximum Gasteiger partial charge on any atom is 0.150 e. The van der Waals surface area contributed by atoms with Gasteiger partial charge in [-0.25, -0.2) is 4.39 Å². The number of carbonyl (C=O) groups excluding carboxylic acids is 1. The zero-order valence-electron chi connectivity index (χ0n) is 9.40. The van der Waals surface area contributed by atoms with Gasteiger partial charge in [0.1, 0.15) is 24.5 Å². The van der Waals surface area contributed by atoms with E-state index < -0.39 is 0 Å². The van der Waals surface area contributed by atoms with E-state index in [1.807, 2.05) is 0 Å². The zero-order chi connectivity index (χ0) is 13.0. The van der Waals surface area contributed by atoms with Crippen molar-refractivity contribution in [2.24, 2.45) is 0 Å². The summed E-state index contributed by atoms with van der Waals surface area (Å²) < 4.78 is 18.8. The van der Waals surface area contributed by atoms with Crippen LogP contribution in [0.2, 0.25) is 5.02 Å². The first-order valence-electron chi connectivity index (χ1n) is 5.31. The van der Waals surface area contributed by atoms with Gasteiger partial charge in [-0.3, -0.25) is 4.79 Å². The van der Waals surface area contributed by atoms with Gasteiger partial charge in [-0.2, -0.15) is 0 Å². The van der Waals surface area contributed by atoms with Crippen LogP contribution >= 0.6 is 11.6 Å². The van der Waals surface area contributed by atoms with Gasteiger partial charge in [0.25, 0.3) is 0 Å². The van der Waals surface area contributed by atoms with Gasteiger partial charge in [-0.1, -0.05) is 23.7 Å². The third kappa shape index (κ3) is 3.08. The molecule has 0 aliphatic heterocycles. The van der Waals surface area contributed by atoms with Gasteiger partial charge in [0, 0.05) is 16.1 Å². The second kappa shape index (κ2) is 5.65. The molecule has 0 saturated carbocycles. The molecule has 0 unspecified atom stereocenters. The van der Waals surface area contributed by atoms with E-state index in [9.17, 15) is 9.18 Å². The lowest BCUT2D eigenvalue weighted by molar-refractivity contribution is 0.112. The van der Waals surface area contributed by atoms with Crippen LogP contribution in [-0.4, -0.2) is 6.29 Å². The maximum atomic E-state index is 13.4. The molecule has 0 saturated heterocycles. The molecular formula is C14H10ClFO2. The van der Waals surface area contributed by atoms with Gasteiger partial charge < -0.3 is 4.74 Å². The van der Waals surface area contributed by atoms with Crippen molar-refractivity contribution in [2.45, 2.75) is 6.61 Å². The smallest absolute Gasteiger partial charge is 0.150 e. The van der Waals surface area contributed by atoms with E-state index in [-0.39, 0.29) is 12.4 Å². The predicted octanol–water partition coefficient (Wildman–Crippen LogP) is 3.87. The summed E-state index contributed by atoms with van der Waals surface area (Å²) >= 11 is 5.78. The summed E-state index contributed by atoms with van der Waals surface area (Å²) in [4.78, 5) is 10.6. The molecule has 92 valence electrons. The molecule has 0 radical (unpaired) electrons. The fourth-order valence-electron chi connectivity index (χ4n) is 1.49. The Bertz CT molecular complexity index is 569. The van der Waals surface area contributed by atoms with Crippen molar-refractivity contribution in [3.05, 3.63) is 64.4 Å². The summed E-state index contributed by atoms with van der Waals surface area (Å²) in [6.07, 6.45) is 0.729. The molecule has 2 rings (SSSR count). The van der Waals surface area contributed by atoms with Crippen molar-refractivity contribution < 1.29 is 13.9 Å². The van der Waals surface area contributed by atoms with Crippen LogP contribution in [0.25, 0.3) is 0 Å². The molecule has 0 bridgehead atoms. The van der Waals surface area contributed by atoms with E-state index in [0.717, 1.165) is 6.29 Å². The summed E-state index contributed by atoms with van der Waals surface area (Å²) in [5.41, 5.74) is 0.887. The Morgan fingerprint density at radius 1 is 1.22 bits per heavy atom. The predicted molar refractivity (Wildman–Crippen MR) is 67.6 cm³/mol. The summed E-state index contributed by atoms with van der Waals surface area (Å²) in [7, 11) is 0. The van der Waals surface area contributed by atoms with Crippen molar-refractivity contribution in [1.82, 2.24) is 0 Å². The highest BCUT2D eigenvalue weighted by molar-refractivity contribution is 6.30. The number of carbonyl (C=O) groups is 1. The largest absolute Gasteiger partial charge is 0.489 e. The lowest BCUT2D eigenvalue weighted by Gasteiger charge is -2.07. The molecule has 0 atom stereocenters. The number of hydrogen-bond donors (Lipinski definition) is 0. The molecule has 0 heterocycles. The van der Waals surface area contributed by atoms with Crippen molar-refractivity contribution in [3.8, 4) is 5.75 Å². The fraction of sp³-hybridized carbons (Fsp3) is 0.0714. The van der Waals surface area contributed by atoms with E-state index in [1.165, 1.54) is 18.2 Å². The van der Waals surface area contributed by atoms with E-state index >= 15 is 0 Å². The number of hydrogen-bond acceptors (Lipinski definition) is 2. The molecule has 0 amide bonds. The van der Waals surface area contributed by atoms with E-state index in [1.54, 1.807) is 24.3 Å². The minimum absolute atomic E-state index is 0.0642. The summed E-state index contributed by atoms with van der Waals surface area (Å²) in [6.45, 7) is 0.0642. The van der Waals surface area contributed by atoms with Gasteiger partial charge >= 0.3 is 0 Å². The molecular weight excluding hydrogens is 255 g/mol. The van der Waals surface area contributed by atoms with Crippen LogP contribution in [0, 0.1) is 5.82 Å². The Morgan fingerprint density at radius 2 is 2.06 bits per heavy atom. The molecule has 0 aliphatic carbocycles. The Hall–Kier alpha value is -1.87. The number of rotatable bonds is 4. The number of halogens is 2. The van der Waals surface area contributed by atoms with Crippen LogP contribution in [0.4, 0.5) is 4.39 Å². The molecule has 0 N–H and O–H groups in total. The zero-order valence-corrected chi connectivity index (χ0v) is 10.2. The van der Waals surface area contributed by atoms with Crippen LogP contribution in [0.1, 0.15) is 15.9 Å². The van der Waals surface area contributed by atoms with Gasteiger partial charge in [-0.15, -0.1) is 0 Å². The lowest BCUT2D eigenvalue weighted by atomic mass is 10.2. The third-order valence-electron chi connectivity index (χ3n) is 2.40. The summed E-state index contributed by atoms with van der Waals surface area (Å²) in [5.74, 6) is 0.143. The van der Waals surface area contributed by atoms with Crippen molar-refractivity contribution in [1.29, 1.82) is 0 Å². The van der Waals surface area contributed by atoms with Crippen LogP contribution in [-0.2, 0) is 6.61 Å². The second-order valence-electron chi connectivity index (χ2n) is 3.71. The van der Waals surface area contributed by atoms with E-state index in [2.05, 4.69) is 0 Å². The molecule has 0 aliphatic rings. The Kier molecular flexibility index (Phi) is 3.95. The Morgan fingerprint density at radius 3 is 2.83 bits per heavy atom. The highest BCUT2D eigenvalue weighted by atomic mass is 35.5. The maximum absolute atomic E-state index is 13.4. The van der Waals surface area contributed by atoms with Crippen LogP contribution in [0.5, 0.6) is 5.75 Å². The SMILES string of the molecule is O=Cc1cccc(OCc2cc(Cl)ccc2F)c1. The van der Waals surface area contributed by atoms with Crippen LogP contribution in [0.3, 0.4) is 0 Å². The average molecular weight is 265 g/mol. The first-order chi connectivity index (χ1) is 8.69. The van der Waals surface area contributed by atoms with E-state index in [4.69, 9.17) is 16.3 Å². The lowest BCUT2D eigenvalue weighted by Crippen LogP contribution is -1.98. The number of aldehydes is 1. The minimum atomic E-state index is -0.369. The molecule has 4 heteroatoms. The molecule has 18 heavy (non-hydrogen) atoms. The Labute approximate surface area is 109 Å². The van der Waals surface area contributed by atoms with Crippen LogP contribution in [0.15, 0.2) is 42.5 Å². The van der Waals surface area contributed by atoms with Crippen molar-refractivity contribution in [2.75, 3.05) is 0 Å². The normalized spacial score (nSPS) is 10.1. The second-order valence-corrected chi connectivity index (χ2v) is 4.15. The monoisotopic (exact) mass is 264 g/mol. The van der Waals surface area contributed by atoms with Gasteiger partial charge in [0.2, 0.25) is 0 Å². The average Bonchev–Trinajstić information content (AvgIpc) is 2.40. The molecule has 2 aromatic rings. The summed E-state index contributed by atoms with van der Waals surface area (Å²) in [6, 6.07) is 11.0. The molecule has 2 nitrogen and oxygen atoms in total. The van der Waals surface area contributed by atoms with Crippen LogP contribution < -0.4 is 4.74 Å². The van der Waals surface area contributed by atoms with E-state index in [0.29, 0.717) is 21.9 Å². The van der Waals surface area contributed by atoms with Gasteiger partial charge in [0.15, 0.2) is 0 Å². The minimum Gasteiger partial charge on any atom is -0.489 e. The first kappa shape index (κ1) is 12.6. The third-order valence-corrected chi connectivity index (χ3v) is 2.63. The summed E-state index contributed by atoms with van der Waals surface area (Å²) in [5, 5.41) is 0.455. The molecule has 2 aromatic carbocycles. The van der Waals surface area contributed by atoms with Crippen molar-refractivity contribution in [3.63, 3.8) is 0 Å². The Balaban J connectivity index is 2.11. The molecule has 0 fully saturated rings. The highest BCUT2D eigenvalue weighted by Gasteiger charge is 2.04. The van der Waals surface area contributed by atoms with Gasteiger partial charge in [0.05, 0.1) is 0 Å². The number of benzene rings is 2. The molecule has 0 spiro atoms. The number of ether oxygens (including phenoxy) is 1. The standard InChI is InChI=1S/C14H10ClFO2/c15-12-4-5-14(16)11(7-12)9-18-13-3-1-2-10(6-13)8-17/h1-8H,9H2. The highest BCUT2D eigenvalue weighted by Crippen LogP contribution is 2.18. The first-order valence-corrected chi connectivity index (χ1v) is 5.69. The van der Waals surface area contributed by atoms with Crippen molar-refractivity contribution >= 4 is 17.9 Å². The molecule has 0 aromatic heterocycles. The topological polar surface area (TPSA) is 26.3 Å². The fourth-order valence-corrected chi connectivity index (χ4v) is 1.69. The quantitative estimate of drug-likeness (QED) is 0.784.